The number of carbonyl (C=O) groups is 1. The molecule has 1 aromatic rings. The number of carbonyl (C=O) groups excluding carboxylic acids is 1. The molecule has 0 saturated heterocycles. The number of anilines is 1. The molecule has 0 aliphatic rings. The molecule has 0 spiro atoms. The van der Waals surface area contributed by atoms with Gasteiger partial charge in [-0.2, -0.15) is 0 Å². The average molecular weight is 205 g/mol. The van der Waals surface area contributed by atoms with Crippen molar-refractivity contribution in [3.63, 3.8) is 0 Å². The average Bonchev–Trinajstić information content (AvgIpc) is 2.21. The van der Waals surface area contributed by atoms with Gasteiger partial charge in [-0.1, -0.05) is 6.08 Å². The van der Waals surface area contributed by atoms with Crippen LogP contribution >= 0.6 is 0 Å². The minimum absolute atomic E-state index is 0.217. The largest absolute Gasteiger partial charge is 0.323 e. The first-order chi connectivity index (χ1) is 7.15. The maximum absolute atomic E-state index is 11.5. The van der Waals surface area contributed by atoms with Gasteiger partial charge in [0.25, 0.3) is 0 Å². The molecule has 4 nitrogen and oxygen atoms in total. The lowest BCUT2D eigenvalue weighted by Gasteiger charge is -2.11. The highest BCUT2D eigenvalue weighted by Crippen LogP contribution is 2.11. The van der Waals surface area contributed by atoms with Crippen molar-refractivity contribution in [3.05, 3.63) is 36.7 Å². The molecule has 0 radical (unpaired) electrons. The van der Waals surface area contributed by atoms with Crippen LogP contribution in [0.25, 0.3) is 0 Å². The molecule has 15 heavy (non-hydrogen) atoms. The van der Waals surface area contributed by atoms with Crippen LogP contribution in [0.2, 0.25) is 0 Å². The molecule has 4 heteroatoms. The molecule has 0 fully saturated rings. The molecule has 1 heterocycles. The molecule has 0 bridgehead atoms. The second-order valence-electron chi connectivity index (χ2n) is 3.31. The first kappa shape index (κ1) is 11.4. The van der Waals surface area contributed by atoms with Crippen molar-refractivity contribution in [2.75, 3.05) is 5.32 Å². The first-order valence-electron chi connectivity index (χ1n) is 4.73. The third-order valence-electron chi connectivity index (χ3n) is 2.05. The van der Waals surface area contributed by atoms with Gasteiger partial charge in [0.1, 0.15) is 0 Å². The summed E-state index contributed by atoms with van der Waals surface area (Å²) in [4.78, 5) is 15.5. The minimum Gasteiger partial charge on any atom is -0.323 e. The van der Waals surface area contributed by atoms with Gasteiger partial charge in [0.15, 0.2) is 0 Å². The van der Waals surface area contributed by atoms with Crippen molar-refractivity contribution in [2.45, 2.75) is 19.4 Å². The highest BCUT2D eigenvalue weighted by atomic mass is 16.2. The van der Waals surface area contributed by atoms with E-state index in [0.717, 1.165) is 5.56 Å². The minimum atomic E-state index is -0.554. The van der Waals surface area contributed by atoms with Crippen LogP contribution in [0, 0.1) is 6.92 Å². The Morgan fingerprint density at radius 1 is 1.80 bits per heavy atom. The van der Waals surface area contributed by atoms with Crippen LogP contribution in [0.4, 0.5) is 5.69 Å². The molecule has 1 rings (SSSR count). The van der Waals surface area contributed by atoms with Crippen LogP contribution in [0.5, 0.6) is 0 Å². The fourth-order valence-corrected chi connectivity index (χ4v) is 1.11. The van der Waals surface area contributed by atoms with E-state index in [1.54, 1.807) is 18.5 Å². The molecular weight excluding hydrogens is 190 g/mol. The van der Waals surface area contributed by atoms with E-state index < -0.39 is 6.04 Å². The van der Waals surface area contributed by atoms with Crippen molar-refractivity contribution in [3.8, 4) is 0 Å². The van der Waals surface area contributed by atoms with Crippen LogP contribution in [-0.4, -0.2) is 16.9 Å². The molecule has 1 aromatic heterocycles. The number of amides is 1. The van der Waals surface area contributed by atoms with Crippen molar-refractivity contribution >= 4 is 11.6 Å². The summed E-state index contributed by atoms with van der Waals surface area (Å²) in [5, 5.41) is 2.72. The fourth-order valence-electron chi connectivity index (χ4n) is 1.11. The second-order valence-corrected chi connectivity index (χ2v) is 3.31. The smallest absolute Gasteiger partial charge is 0.241 e. The third kappa shape index (κ3) is 3.18. The van der Waals surface area contributed by atoms with E-state index in [4.69, 9.17) is 5.73 Å². The Bertz CT molecular complexity index is 363. The van der Waals surface area contributed by atoms with Crippen LogP contribution < -0.4 is 11.1 Å². The molecule has 1 amide bonds. The fraction of sp³-hybridized carbons (Fsp3) is 0.273. The van der Waals surface area contributed by atoms with Crippen LogP contribution in [0.3, 0.4) is 0 Å². The molecule has 3 N–H and O–H groups in total. The summed E-state index contributed by atoms with van der Waals surface area (Å²) in [5.41, 5.74) is 7.28. The lowest BCUT2D eigenvalue weighted by molar-refractivity contribution is -0.117. The van der Waals surface area contributed by atoms with Gasteiger partial charge in [0.05, 0.1) is 17.9 Å². The second kappa shape index (κ2) is 5.26. The number of pyridine rings is 1. The lowest BCUT2D eigenvalue weighted by Crippen LogP contribution is -2.35. The Morgan fingerprint density at radius 2 is 2.53 bits per heavy atom. The molecule has 80 valence electrons. The van der Waals surface area contributed by atoms with Gasteiger partial charge in [0.2, 0.25) is 5.91 Å². The molecular formula is C11H15N3O. The SMILES string of the molecule is C=CCC(N)C(=O)Nc1cnccc1C. The molecule has 0 saturated carbocycles. The Morgan fingerprint density at radius 3 is 3.13 bits per heavy atom. The lowest BCUT2D eigenvalue weighted by atomic mass is 10.2. The number of hydrogen-bond acceptors (Lipinski definition) is 3. The number of nitrogens with zero attached hydrogens (tertiary/aromatic N) is 1. The van der Waals surface area contributed by atoms with Gasteiger partial charge >= 0.3 is 0 Å². The number of nitrogens with one attached hydrogen (secondary N) is 1. The highest BCUT2D eigenvalue weighted by molar-refractivity contribution is 5.95. The van der Waals surface area contributed by atoms with Crippen LogP contribution in [0.15, 0.2) is 31.1 Å². The van der Waals surface area contributed by atoms with Crippen molar-refractivity contribution in [1.82, 2.24) is 4.98 Å². The third-order valence-corrected chi connectivity index (χ3v) is 2.05. The standard InChI is InChI=1S/C11H15N3O/c1-3-4-9(12)11(15)14-10-7-13-6-5-8(10)2/h3,5-7,9H,1,4,12H2,2H3,(H,14,15). The van der Waals surface area contributed by atoms with Gasteiger partial charge in [0, 0.05) is 6.20 Å². The topological polar surface area (TPSA) is 68.0 Å². The summed E-state index contributed by atoms with van der Waals surface area (Å²) < 4.78 is 0. The Labute approximate surface area is 89.2 Å². The Balaban J connectivity index is 2.66. The molecule has 0 aliphatic heterocycles. The van der Waals surface area contributed by atoms with Gasteiger partial charge in [-0.25, -0.2) is 0 Å². The Hall–Kier alpha value is -1.68. The number of aryl methyl sites for hydroxylation is 1. The van der Waals surface area contributed by atoms with E-state index in [0.29, 0.717) is 12.1 Å². The number of aromatic nitrogens is 1. The quantitative estimate of drug-likeness (QED) is 0.726. The van der Waals surface area contributed by atoms with E-state index >= 15 is 0 Å². The predicted molar refractivity (Wildman–Crippen MR) is 60.4 cm³/mol. The number of hydrogen-bond donors (Lipinski definition) is 2. The zero-order chi connectivity index (χ0) is 11.3. The zero-order valence-electron chi connectivity index (χ0n) is 8.73. The van der Waals surface area contributed by atoms with E-state index in [1.807, 2.05) is 13.0 Å². The van der Waals surface area contributed by atoms with Crippen molar-refractivity contribution in [2.24, 2.45) is 5.73 Å². The number of nitrogens with two attached hydrogens (primary N) is 1. The maximum Gasteiger partial charge on any atom is 0.241 e. The van der Waals surface area contributed by atoms with Crippen molar-refractivity contribution < 1.29 is 4.79 Å². The van der Waals surface area contributed by atoms with Crippen LogP contribution in [-0.2, 0) is 4.79 Å². The monoisotopic (exact) mass is 205 g/mol. The summed E-state index contributed by atoms with van der Waals surface area (Å²) in [6.07, 6.45) is 5.37. The molecule has 1 atom stereocenters. The van der Waals surface area contributed by atoms with E-state index in [9.17, 15) is 4.79 Å². The molecule has 0 aliphatic carbocycles. The van der Waals surface area contributed by atoms with E-state index in [2.05, 4.69) is 16.9 Å². The first-order valence-corrected chi connectivity index (χ1v) is 4.73. The molecule has 0 aromatic carbocycles. The summed E-state index contributed by atoms with van der Waals surface area (Å²) in [7, 11) is 0. The van der Waals surface area contributed by atoms with Gasteiger partial charge in [-0.15, -0.1) is 6.58 Å². The summed E-state index contributed by atoms with van der Waals surface area (Å²) in [6.45, 7) is 5.43. The van der Waals surface area contributed by atoms with Crippen LogP contribution in [0.1, 0.15) is 12.0 Å². The molecule has 1 unspecified atom stereocenters. The van der Waals surface area contributed by atoms with Gasteiger partial charge < -0.3 is 11.1 Å². The van der Waals surface area contributed by atoms with E-state index in [-0.39, 0.29) is 5.91 Å². The normalized spacial score (nSPS) is 11.9. The van der Waals surface area contributed by atoms with E-state index in [1.165, 1.54) is 0 Å². The van der Waals surface area contributed by atoms with Gasteiger partial charge in [-0.3, -0.25) is 9.78 Å². The summed E-state index contributed by atoms with van der Waals surface area (Å²) >= 11 is 0. The summed E-state index contributed by atoms with van der Waals surface area (Å²) in [6, 6.07) is 1.27. The Kier molecular flexibility index (Phi) is 4.00. The van der Waals surface area contributed by atoms with Gasteiger partial charge in [-0.05, 0) is 25.0 Å². The number of rotatable bonds is 4. The zero-order valence-corrected chi connectivity index (χ0v) is 8.73. The summed E-state index contributed by atoms with van der Waals surface area (Å²) in [5.74, 6) is -0.217. The predicted octanol–water partition coefficient (Wildman–Crippen LogP) is 1.23. The van der Waals surface area contributed by atoms with Crippen molar-refractivity contribution in [1.29, 1.82) is 0 Å². The maximum atomic E-state index is 11.5. The highest BCUT2D eigenvalue weighted by Gasteiger charge is 2.12.